The van der Waals surface area contributed by atoms with Crippen molar-refractivity contribution in [2.24, 2.45) is 5.92 Å². The number of hydrogen-bond donors (Lipinski definition) is 1. The van der Waals surface area contributed by atoms with Gasteiger partial charge in [-0.2, -0.15) is 0 Å². The number of ether oxygens (including phenoxy) is 1. The van der Waals surface area contributed by atoms with E-state index in [2.05, 4.69) is 19.2 Å². The van der Waals surface area contributed by atoms with Crippen molar-refractivity contribution in [1.82, 2.24) is 5.32 Å². The summed E-state index contributed by atoms with van der Waals surface area (Å²) in [4.78, 5) is 27.1. The van der Waals surface area contributed by atoms with Crippen LogP contribution in [-0.2, 0) is 22.6 Å². The second-order valence-electron chi connectivity index (χ2n) is 8.11. The summed E-state index contributed by atoms with van der Waals surface area (Å²) in [5.74, 6) is 0.869. The Balaban J connectivity index is 1.76. The maximum atomic E-state index is 13.2. The van der Waals surface area contributed by atoms with Crippen LogP contribution in [-0.4, -0.2) is 25.0 Å². The zero-order valence-electron chi connectivity index (χ0n) is 18.7. The fourth-order valence-electron chi connectivity index (χ4n) is 3.23. The summed E-state index contributed by atoms with van der Waals surface area (Å²) in [5.41, 5.74) is 2.61. The summed E-state index contributed by atoms with van der Waals surface area (Å²) in [6.07, 6.45) is 0.272. The van der Waals surface area contributed by atoms with Gasteiger partial charge in [-0.1, -0.05) is 74.5 Å². The molecule has 0 unspecified atom stereocenters. The highest BCUT2D eigenvalue weighted by atomic mass is 16.5. The highest BCUT2D eigenvalue weighted by Gasteiger charge is 2.18. The van der Waals surface area contributed by atoms with E-state index in [0.29, 0.717) is 24.8 Å². The van der Waals surface area contributed by atoms with Crippen molar-refractivity contribution >= 4 is 17.5 Å². The number of nitrogens with zero attached hydrogens (tertiary/aromatic N) is 1. The number of para-hydroxylation sites is 1. The average Bonchev–Trinajstić information content (AvgIpc) is 2.81. The molecule has 0 aliphatic heterocycles. The number of anilines is 1. The first-order valence-electron chi connectivity index (χ1n) is 10.9. The summed E-state index contributed by atoms with van der Waals surface area (Å²) in [6.45, 7) is 5.11. The number of hydrogen-bond acceptors (Lipinski definition) is 3. The van der Waals surface area contributed by atoms with E-state index in [0.717, 1.165) is 16.8 Å². The first kappa shape index (κ1) is 23.1. The maximum Gasteiger partial charge on any atom is 0.265 e. The first-order valence-corrected chi connectivity index (χ1v) is 10.9. The molecule has 0 saturated heterocycles. The van der Waals surface area contributed by atoms with Crippen molar-refractivity contribution in [2.45, 2.75) is 26.8 Å². The van der Waals surface area contributed by atoms with E-state index in [1.807, 2.05) is 84.9 Å². The smallest absolute Gasteiger partial charge is 0.265 e. The standard InChI is InChI=1S/C27H30N2O3/c1-21(2)18-28-26(30)17-23-12-9-13-24(16-23)29(19-22-10-5-3-6-11-22)27(31)20-32-25-14-7-4-8-15-25/h3-16,21H,17-20H2,1-2H3,(H,28,30). The van der Waals surface area contributed by atoms with Crippen molar-refractivity contribution in [3.63, 3.8) is 0 Å². The van der Waals surface area contributed by atoms with Gasteiger partial charge in [-0.25, -0.2) is 0 Å². The molecule has 3 aromatic rings. The van der Waals surface area contributed by atoms with Gasteiger partial charge in [0.25, 0.3) is 5.91 Å². The number of amides is 2. The molecule has 3 rings (SSSR count). The minimum Gasteiger partial charge on any atom is -0.484 e. The molecule has 3 aromatic carbocycles. The summed E-state index contributed by atoms with van der Waals surface area (Å²) >= 11 is 0. The van der Waals surface area contributed by atoms with Crippen LogP contribution in [0, 0.1) is 5.92 Å². The molecule has 0 aliphatic carbocycles. The Labute approximate surface area is 190 Å². The van der Waals surface area contributed by atoms with Crippen LogP contribution in [0.15, 0.2) is 84.9 Å². The Kier molecular flexibility index (Phi) is 8.44. The molecule has 0 bridgehead atoms. The van der Waals surface area contributed by atoms with Gasteiger partial charge in [0, 0.05) is 12.2 Å². The van der Waals surface area contributed by atoms with Gasteiger partial charge in [0.05, 0.1) is 13.0 Å². The van der Waals surface area contributed by atoms with Crippen molar-refractivity contribution in [3.8, 4) is 5.75 Å². The molecule has 0 aromatic heterocycles. The number of rotatable bonds is 10. The number of nitrogens with one attached hydrogen (secondary N) is 1. The quantitative estimate of drug-likeness (QED) is 0.511. The topological polar surface area (TPSA) is 58.6 Å². The largest absolute Gasteiger partial charge is 0.484 e. The van der Waals surface area contributed by atoms with E-state index in [1.54, 1.807) is 4.90 Å². The average molecular weight is 431 g/mol. The molecule has 1 N–H and O–H groups in total. The summed E-state index contributed by atoms with van der Waals surface area (Å²) in [6, 6.07) is 26.7. The molecule has 5 heteroatoms. The molecule has 0 atom stereocenters. The molecule has 0 fully saturated rings. The monoisotopic (exact) mass is 430 g/mol. The van der Waals surface area contributed by atoms with Gasteiger partial charge in [-0.15, -0.1) is 0 Å². The lowest BCUT2D eigenvalue weighted by Gasteiger charge is -2.24. The van der Waals surface area contributed by atoms with E-state index >= 15 is 0 Å². The first-order chi connectivity index (χ1) is 15.5. The molecule has 0 aliphatic rings. The zero-order valence-corrected chi connectivity index (χ0v) is 18.7. The van der Waals surface area contributed by atoms with Crippen LogP contribution >= 0.6 is 0 Å². The lowest BCUT2D eigenvalue weighted by Crippen LogP contribution is -2.34. The van der Waals surface area contributed by atoms with Crippen molar-refractivity contribution in [2.75, 3.05) is 18.1 Å². The number of carbonyl (C=O) groups is 2. The van der Waals surface area contributed by atoms with Gasteiger partial charge >= 0.3 is 0 Å². The van der Waals surface area contributed by atoms with Crippen molar-refractivity contribution < 1.29 is 14.3 Å². The molecule has 5 nitrogen and oxygen atoms in total. The van der Waals surface area contributed by atoms with Crippen LogP contribution in [0.3, 0.4) is 0 Å². The summed E-state index contributed by atoms with van der Waals surface area (Å²) in [7, 11) is 0. The molecule has 2 amide bonds. The Morgan fingerprint density at radius 3 is 2.22 bits per heavy atom. The molecular formula is C27H30N2O3. The van der Waals surface area contributed by atoms with E-state index in [-0.39, 0.29) is 24.8 Å². The molecular weight excluding hydrogens is 400 g/mol. The van der Waals surface area contributed by atoms with Gasteiger partial charge in [-0.05, 0) is 41.3 Å². The Morgan fingerprint density at radius 1 is 0.875 bits per heavy atom. The summed E-state index contributed by atoms with van der Waals surface area (Å²) < 4.78 is 5.70. The Morgan fingerprint density at radius 2 is 1.53 bits per heavy atom. The Bertz CT molecular complexity index is 1000. The highest BCUT2D eigenvalue weighted by Crippen LogP contribution is 2.20. The normalized spacial score (nSPS) is 10.6. The molecule has 32 heavy (non-hydrogen) atoms. The fraction of sp³-hybridized carbons (Fsp3) is 0.259. The van der Waals surface area contributed by atoms with E-state index in [9.17, 15) is 9.59 Å². The zero-order chi connectivity index (χ0) is 22.8. The van der Waals surface area contributed by atoms with E-state index < -0.39 is 0 Å². The number of carbonyl (C=O) groups excluding carboxylic acids is 2. The van der Waals surface area contributed by atoms with Crippen molar-refractivity contribution in [1.29, 1.82) is 0 Å². The van der Waals surface area contributed by atoms with Gasteiger partial charge in [0.1, 0.15) is 5.75 Å². The van der Waals surface area contributed by atoms with Crippen molar-refractivity contribution in [3.05, 3.63) is 96.1 Å². The van der Waals surface area contributed by atoms with Crippen LogP contribution in [0.1, 0.15) is 25.0 Å². The third kappa shape index (κ3) is 7.27. The highest BCUT2D eigenvalue weighted by molar-refractivity contribution is 5.94. The molecule has 0 heterocycles. The maximum absolute atomic E-state index is 13.2. The molecule has 0 radical (unpaired) electrons. The Hall–Kier alpha value is -3.60. The van der Waals surface area contributed by atoms with E-state index in [1.165, 1.54) is 0 Å². The predicted molar refractivity (Wildman–Crippen MR) is 128 cm³/mol. The van der Waals surface area contributed by atoms with E-state index in [4.69, 9.17) is 4.74 Å². The second kappa shape index (κ2) is 11.7. The third-order valence-corrected chi connectivity index (χ3v) is 4.88. The van der Waals surface area contributed by atoms with Gasteiger partial charge in [-0.3, -0.25) is 9.59 Å². The van der Waals surface area contributed by atoms with Gasteiger partial charge < -0.3 is 15.0 Å². The second-order valence-corrected chi connectivity index (χ2v) is 8.11. The minimum atomic E-state index is -0.154. The van der Waals surface area contributed by atoms with Crippen LogP contribution in [0.5, 0.6) is 5.75 Å². The fourth-order valence-corrected chi connectivity index (χ4v) is 3.23. The molecule has 166 valence electrons. The predicted octanol–water partition coefficient (Wildman–Crippen LogP) is 4.61. The summed E-state index contributed by atoms with van der Waals surface area (Å²) in [5, 5.41) is 2.94. The third-order valence-electron chi connectivity index (χ3n) is 4.88. The SMILES string of the molecule is CC(C)CNC(=O)Cc1cccc(N(Cc2ccccc2)C(=O)COc2ccccc2)c1. The van der Waals surface area contributed by atoms with Crippen LogP contribution in [0.4, 0.5) is 5.69 Å². The van der Waals surface area contributed by atoms with Crippen LogP contribution in [0.25, 0.3) is 0 Å². The lowest BCUT2D eigenvalue weighted by atomic mass is 10.1. The van der Waals surface area contributed by atoms with Crippen LogP contribution in [0.2, 0.25) is 0 Å². The molecule has 0 saturated carbocycles. The minimum absolute atomic E-state index is 0.0239. The number of benzene rings is 3. The van der Waals surface area contributed by atoms with Gasteiger partial charge in [0.15, 0.2) is 6.61 Å². The lowest BCUT2D eigenvalue weighted by molar-refractivity contribution is -0.121. The molecule has 0 spiro atoms. The van der Waals surface area contributed by atoms with Gasteiger partial charge in [0.2, 0.25) is 5.91 Å². The van der Waals surface area contributed by atoms with Crippen LogP contribution < -0.4 is 15.0 Å².